The van der Waals surface area contributed by atoms with Gasteiger partial charge in [-0.25, -0.2) is 4.98 Å². The Balaban J connectivity index is 1.47. The van der Waals surface area contributed by atoms with Crippen molar-refractivity contribution in [2.24, 2.45) is 0 Å². The Morgan fingerprint density at radius 1 is 1.44 bits per heavy atom. The number of rotatable bonds is 6. The number of hydrogen-bond acceptors (Lipinski definition) is 5. The molecule has 2 amide bonds. The van der Waals surface area contributed by atoms with Crippen molar-refractivity contribution in [3.8, 4) is 0 Å². The van der Waals surface area contributed by atoms with E-state index in [1.807, 2.05) is 20.0 Å². The van der Waals surface area contributed by atoms with Crippen LogP contribution in [0.4, 0.5) is 5.82 Å². The lowest BCUT2D eigenvalue weighted by Gasteiger charge is -2.40. The fourth-order valence-corrected chi connectivity index (χ4v) is 3.80. The molecule has 0 aromatic carbocycles. The predicted octanol–water partition coefficient (Wildman–Crippen LogP) is 2.47. The predicted molar refractivity (Wildman–Crippen MR) is 96.6 cm³/mol. The summed E-state index contributed by atoms with van der Waals surface area (Å²) in [5, 5.41) is 10.1. The second-order valence-corrected chi connectivity index (χ2v) is 7.51. The van der Waals surface area contributed by atoms with Crippen molar-refractivity contribution < 1.29 is 9.59 Å². The van der Waals surface area contributed by atoms with Gasteiger partial charge < -0.3 is 10.2 Å². The van der Waals surface area contributed by atoms with Gasteiger partial charge in [-0.2, -0.15) is 5.10 Å². The molecule has 0 aliphatic heterocycles. The van der Waals surface area contributed by atoms with E-state index in [1.54, 1.807) is 28.7 Å². The molecule has 134 valence electrons. The number of thiazole rings is 1. The molecule has 3 rings (SSSR count). The lowest BCUT2D eigenvalue weighted by molar-refractivity contribution is -0.131. The number of nitrogens with zero attached hydrogens (tertiary/aromatic N) is 3. The molecule has 1 fully saturated rings. The summed E-state index contributed by atoms with van der Waals surface area (Å²) in [5.41, 5.74) is 3.75. The van der Waals surface area contributed by atoms with Crippen molar-refractivity contribution in [1.29, 1.82) is 0 Å². The summed E-state index contributed by atoms with van der Waals surface area (Å²) in [6.45, 7) is 3.55. The highest BCUT2D eigenvalue weighted by molar-refractivity contribution is 7.09. The molecule has 1 aliphatic rings. The Morgan fingerprint density at radius 3 is 2.84 bits per heavy atom. The highest BCUT2D eigenvalue weighted by atomic mass is 32.1. The fourth-order valence-electron chi connectivity index (χ4n) is 3.02. The van der Waals surface area contributed by atoms with E-state index in [0.29, 0.717) is 30.6 Å². The molecule has 8 heteroatoms. The average molecular weight is 361 g/mol. The third kappa shape index (κ3) is 4.07. The van der Waals surface area contributed by atoms with E-state index in [2.05, 4.69) is 20.5 Å². The molecule has 2 aromatic rings. The van der Waals surface area contributed by atoms with Crippen molar-refractivity contribution in [2.75, 3.05) is 12.4 Å². The van der Waals surface area contributed by atoms with Crippen LogP contribution in [0.5, 0.6) is 0 Å². The minimum Gasteiger partial charge on any atom is -0.343 e. The smallest absolute Gasteiger partial charge is 0.225 e. The second kappa shape index (κ2) is 7.35. The fraction of sp³-hybridized carbons (Fsp3) is 0.529. The zero-order valence-electron chi connectivity index (χ0n) is 14.7. The summed E-state index contributed by atoms with van der Waals surface area (Å²) in [6.07, 6.45) is 2.95. The van der Waals surface area contributed by atoms with Crippen molar-refractivity contribution in [2.45, 2.75) is 51.5 Å². The maximum atomic E-state index is 12.1. The number of amides is 2. The standard InChI is InChI=1S/C17H23N5O2S/c1-10-15(25-9-18-10)4-5-17(24)19-16-8-14(20-21-16)12-6-13(7-12)22(3)11(2)23/h8-9,12-13H,4-7H2,1-3H3,(H2,19,20,21,24)/t12-,13+. The van der Waals surface area contributed by atoms with Gasteiger partial charge in [0.2, 0.25) is 11.8 Å². The van der Waals surface area contributed by atoms with Gasteiger partial charge in [-0.3, -0.25) is 14.7 Å². The highest BCUT2D eigenvalue weighted by Gasteiger charge is 2.35. The number of aryl methyl sites for hydroxylation is 2. The SMILES string of the molecule is CC(=O)N(C)[C@H]1C[C@@H](c2cc(NC(=O)CCc3scnc3C)[nH]n2)C1. The van der Waals surface area contributed by atoms with Crippen LogP contribution >= 0.6 is 11.3 Å². The van der Waals surface area contributed by atoms with Crippen LogP contribution in [-0.2, 0) is 16.0 Å². The minimum absolute atomic E-state index is 0.0363. The molecular formula is C17H23N5O2S. The number of anilines is 1. The molecule has 0 saturated heterocycles. The maximum Gasteiger partial charge on any atom is 0.225 e. The van der Waals surface area contributed by atoms with Gasteiger partial charge in [0.25, 0.3) is 0 Å². The van der Waals surface area contributed by atoms with Gasteiger partial charge >= 0.3 is 0 Å². The number of nitrogens with one attached hydrogen (secondary N) is 2. The zero-order valence-corrected chi connectivity index (χ0v) is 15.5. The number of aromatic amines is 1. The van der Waals surface area contributed by atoms with Crippen LogP contribution in [0, 0.1) is 6.92 Å². The molecule has 0 radical (unpaired) electrons. The topological polar surface area (TPSA) is 91.0 Å². The third-order valence-corrected chi connectivity index (χ3v) is 5.87. The molecule has 0 atom stereocenters. The largest absolute Gasteiger partial charge is 0.343 e. The quantitative estimate of drug-likeness (QED) is 0.827. The summed E-state index contributed by atoms with van der Waals surface area (Å²) in [6, 6.07) is 2.18. The number of carbonyl (C=O) groups excluding carboxylic acids is 2. The Labute approximate surface area is 150 Å². The Bertz CT molecular complexity index is 763. The number of hydrogen-bond donors (Lipinski definition) is 2. The van der Waals surface area contributed by atoms with Crippen molar-refractivity contribution in [1.82, 2.24) is 20.1 Å². The first-order valence-electron chi connectivity index (χ1n) is 8.41. The Morgan fingerprint density at radius 2 is 2.20 bits per heavy atom. The molecule has 25 heavy (non-hydrogen) atoms. The van der Waals surface area contributed by atoms with Gasteiger partial charge in [0.1, 0.15) is 5.82 Å². The Kier molecular flexibility index (Phi) is 5.17. The lowest BCUT2D eigenvalue weighted by atomic mass is 9.77. The first kappa shape index (κ1) is 17.6. The van der Waals surface area contributed by atoms with E-state index < -0.39 is 0 Å². The molecule has 1 aliphatic carbocycles. The molecule has 0 bridgehead atoms. The minimum atomic E-state index is -0.0363. The highest BCUT2D eigenvalue weighted by Crippen LogP contribution is 2.39. The number of H-pyrrole nitrogens is 1. The first-order valence-corrected chi connectivity index (χ1v) is 9.29. The normalized spacial score (nSPS) is 19.3. The number of aromatic nitrogens is 3. The lowest BCUT2D eigenvalue weighted by Crippen LogP contribution is -2.43. The van der Waals surface area contributed by atoms with Crippen molar-refractivity contribution >= 4 is 29.0 Å². The maximum absolute atomic E-state index is 12.1. The van der Waals surface area contributed by atoms with Crippen LogP contribution in [0.1, 0.15) is 48.4 Å². The van der Waals surface area contributed by atoms with E-state index in [-0.39, 0.29) is 11.8 Å². The van der Waals surface area contributed by atoms with E-state index in [0.717, 1.165) is 29.1 Å². The summed E-state index contributed by atoms with van der Waals surface area (Å²) < 4.78 is 0. The van der Waals surface area contributed by atoms with Gasteiger partial charge in [0.15, 0.2) is 0 Å². The van der Waals surface area contributed by atoms with E-state index in [9.17, 15) is 9.59 Å². The summed E-state index contributed by atoms with van der Waals surface area (Å²) in [4.78, 5) is 30.6. The van der Waals surface area contributed by atoms with Crippen LogP contribution in [0.3, 0.4) is 0 Å². The molecule has 7 nitrogen and oxygen atoms in total. The monoisotopic (exact) mass is 361 g/mol. The van der Waals surface area contributed by atoms with Crippen LogP contribution in [0.2, 0.25) is 0 Å². The van der Waals surface area contributed by atoms with E-state index in [4.69, 9.17) is 0 Å². The number of carbonyl (C=O) groups is 2. The zero-order chi connectivity index (χ0) is 18.0. The molecule has 2 heterocycles. The first-order chi connectivity index (χ1) is 11.9. The third-order valence-electron chi connectivity index (χ3n) is 4.87. The van der Waals surface area contributed by atoms with Gasteiger partial charge in [-0.15, -0.1) is 11.3 Å². The van der Waals surface area contributed by atoms with E-state index in [1.165, 1.54) is 0 Å². The summed E-state index contributed by atoms with van der Waals surface area (Å²) >= 11 is 1.58. The van der Waals surface area contributed by atoms with Gasteiger partial charge in [0, 0.05) is 43.3 Å². The van der Waals surface area contributed by atoms with Crippen LogP contribution in [-0.4, -0.2) is 45.0 Å². The van der Waals surface area contributed by atoms with Crippen LogP contribution < -0.4 is 5.32 Å². The van der Waals surface area contributed by atoms with Gasteiger partial charge in [-0.05, 0) is 26.2 Å². The van der Waals surface area contributed by atoms with Gasteiger partial charge in [0.05, 0.1) is 16.9 Å². The summed E-state index contributed by atoms with van der Waals surface area (Å²) in [7, 11) is 1.84. The summed E-state index contributed by atoms with van der Waals surface area (Å²) in [5.74, 6) is 1.03. The second-order valence-electron chi connectivity index (χ2n) is 6.57. The average Bonchev–Trinajstić information content (AvgIpc) is 3.13. The molecular weight excluding hydrogens is 338 g/mol. The molecule has 0 spiro atoms. The van der Waals surface area contributed by atoms with E-state index >= 15 is 0 Å². The van der Waals surface area contributed by atoms with Crippen LogP contribution in [0.15, 0.2) is 11.6 Å². The molecule has 1 saturated carbocycles. The van der Waals surface area contributed by atoms with Crippen molar-refractivity contribution in [3.63, 3.8) is 0 Å². The van der Waals surface area contributed by atoms with Gasteiger partial charge in [-0.1, -0.05) is 0 Å². The molecule has 2 aromatic heterocycles. The molecule has 2 N–H and O–H groups in total. The molecule has 0 unspecified atom stereocenters. The van der Waals surface area contributed by atoms with Crippen LogP contribution in [0.25, 0.3) is 0 Å². The van der Waals surface area contributed by atoms with Crippen molar-refractivity contribution in [3.05, 3.63) is 27.8 Å². The Hall–Kier alpha value is -2.22.